The van der Waals surface area contributed by atoms with Gasteiger partial charge in [0.2, 0.25) is 5.91 Å². The lowest BCUT2D eigenvalue weighted by Gasteiger charge is -2.16. The van der Waals surface area contributed by atoms with Gasteiger partial charge < -0.3 is 5.32 Å². The van der Waals surface area contributed by atoms with Crippen LogP contribution in [0.4, 0.5) is 17.1 Å². The number of carbonyl (C=O) groups excluding carboxylic acids is 1. The van der Waals surface area contributed by atoms with Crippen LogP contribution in [0.2, 0.25) is 0 Å². The number of hydrogen-bond acceptors (Lipinski definition) is 6. The second kappa shape index (κ2) is 11.6. The number of rotatable bonds is 8. The van der Waals surface area contributed by atoms with Crippen molar-refractivity contribution < 1.29 is 13.2 Å². The molecule has 2 aliphatic heterocycles. The van der Waals surface area contributed by atoms with Gasteiger partial charge in [0, 0.05) is 17.9 Å². The number of amides is 1. The molecule has 0 radical (unpaired) electrons. The van der Waals surface area contributed by atoms with Crippen LogP contribution in [0.3, 0.4) is 0 Å². The molecule has 1 saturated heterocycles. The van der Waals surface area contributed by atoms with E-state index in [9.17, 15) is 18.5 Å². The third kappa shape index (κ3) is 5.81. The first-order valence-electron chi connectivity index (χ1n) is 13.8. The number of likely N-dealkylation sites (tertiary alicyclic amines) is 1. The van der Waals surface area contributed by atoms with Gasteiger partial charge in [0.05, 0.1) is 27.9 Å². The van der Waals surface area contributed by atoms with Gasteiger partial charge in [-0.15, -0.1) is 0 Å². The van der Waals surface area contributed by atoms with E-state index in [0.29, 0.717) is 22.6 Å². The molecule has 0 spiro atoms. The van der Waals surface area contributed by atoms with E-state index in [-0.39, 0.29) is 16.4 Å². The fourth-order valence-corrected chi connectivity index (χ4v) is 6.56. The highest BCUT2D eigenvalue weighted by molar-refractivity contribution is 7.92. The van der Waals surface area contributed by atoms with Crippen LogP contribution in [0.5, 0.6) is 0 Å². The Kier molecular flexibility index (Phi) is 7.57. The van der Waals surface area contributed by atoms with Crippen LogP contribution in [-0.2, 0) is 21.4 Å². The summed E-state index contributed by atoms with van der Waals surface area (Å²) in [5, 5.41) is 12.1. The largest absolute Gasteiger partial charge is 0.325 e. The molecule has 0 saturated carbocycles. The molecule has 1 unspecified atom stereocenters. The van der Waals surface area contributed by atoms with E-state index in [1.807, 2.05) is 48.5 Å². The number of nitrogens with zero attached hydrogens (tertiary/aromatic N) is 3. The zero-order valence-electron chi connectivity index (χ0n) is 22.8. The van der Waals surface area contributed by atoms with Crippen LogP contribution in [-0.4, -0.2) is 38.0 Å². The number of carbonyl (C=O) groups is 1. The number of aliphatic imine (C=N–C) groups is 1. The van der Waals surface area contributed by atoms with Crippen molar-refractivity contribution in [3.05, 3.63) is 119 Å². The van der Waals surface area contributed by atoms with Crippen LogP contribution in [0.15, 0.2) is 107 Å². The van der Waals surface area contributed by atoms with Crippen LogP contribution < -0.4 is 10.0 Å². The number of benzene rings is 4. The SMILES string of the molecule is N#Cc1cccc(S(=O)(=O)Nc2ccc3c(c2)C(C(=Nc2ccc(CN4CCCC4)cc2)c2ccccc2)C(=O)N3)c1. The van der Waals surface area contributed by atoms with Crippen molar-refractivity contribution in [1.29, 1.82) is 5.26 Å². The van der Waals surface area contributed by atoms with E-state index in [0.717, 1.165) is 30.9 Å². The van der Waals surface area contributed by atoms with E-state index in [4.69, 9.17) is 4.99 Å². The molecule has 9 heteroatoms. The summed E-state index contributed by atoms with van der Waals surface area (Å²) in [5.41, 5.74) is 5.09. The third-order valence-corrected chi connectivity index (χ3v) is 8.92. The molecule has 8 nitrogen and oxygen atoms in total. The monoisotopic (exact) mass is 575 g/mol. The molecular formula is C33H29N5O3S. The summed E-state index contributed by atoms with van der Waals surface area (Å²) >= 11 is 0. The fourth-order valence-electron chi connectivity index (χ4n) is 5.46. The number of nitrogens with one attached hydrogen (secondary N) is 2. The van der Waals surface area contributed by atoms with E-state index in [1.165, 1.54) is 36.6 Å². The van der Waals surface area contributed by atoms with Crippen molar-refractivity contribution in [3.63, 3.8) is 0 Å². The van der Waals surface area contributed by atoms with Crippen LogP contribution >= 0.6 is 0 Å². The standard InChI is InChI=1S/C33H29N5O3S/c34-21-24-7-6-10-28(19-24)42(40,41)37-27-15-16-30-29(20-27)31(33(39)36-30)32(25-8-2-1-3-9-25)35-26-13-11-23(12-14-26)22-38-17-4-5-18-38/h1-3,6-16,19-20,31,37H,4-5,17-18,22H2,(H,36,39). The van der Waals surface area contributed by atoms with Crippen molar-refractivity contribution >= 4 is 38.7 Å². The molecule has 0 aromatic heterocycles. The molecule has 210 valence electrons. The highest BCUT2D eigenvalue weighted by Gasteiger charge is 2.36. The van der Waals surface area contributed by atoms with Crippen molar-refractivity contribution in [1.82, 2.24) is 4.90 Å². The van der Waals surface area contributed by atoms with Crippen LogP contribution in [0.1, 0.15) is 41.0 Å². The van der Waals surface area contributed by atoms with Gasteiger partial charge in [-0.3, -0.25) is 19.4 Å². The molecule has 2 N–H and O–H groups in total. The van der Waals surface area contributed by atoms with Gasteiger partial charge in [-0.05, 0) is 91.2 Å². The lowest BCUT2D eigenvalue weighted by Crippen LogP contribution is -2.22. The molecule has 0 aliphatic carbocycles. The van der Waals surface area contributed by atoms with Crippen molar-refractivity contribution in [2.24, 2.45) is 4.99 Å². The van der Waals surface area contributed by atoms with E-state index < -0.39 is 15.9 Å². The number of fused-ring (bicyclic) bond motifs is 1. The van der Waals surface area contributed by atoms with Crippen LogP contribution in [0, 0.1) is 11.3 Å². The van der Waals surface area contributed by atoms with Crippen LogP contribution in [0.25, 0.3) is 0 Å². The number of nitriles is 1. The Bertz CT molecular complexity index is 1810. The lowest BCUT2D eigenvalue weighted by molar-refractivity contribution is -0.115. The minimum absolute atomic E-state index is 0.0208. The average molecular weight is 576 g/mol. The van der Waals surface area contributed by atoms with Gasteiger partial charge in [-0.2, -0.15) is 5.26 Å². The Balaban J connectivity index is 1.34. The first-order chi connectivity index (χ1) is 20.4. The Hall–Kier alpha value is -4.78. The maximum Gasteiger partial charge on any atom is 0.261 e. The van der Waals surface area contributed by atoms with Crippen molar-refractivity contribution in [2.75, 3.05) is 23.1 Å². The van der Waals surface area contributed by atoms with Gasteiger partial charge in [0.15, 0.2) is 0 Å². The summed E-state index contributed by atoms with van der Waals surface area (Å²) in [4.78, 5) is 20.8. The van der Waals surface area contributed by atoms with Crippen molar-refractivity contribution in [3.8, 4) is 6.07 Å². The summed E-state index contributed by atoms with van der Waals surface area (Å²) in [5.74, 6) is -0.988. The van der Waals surface area contributed by atoms with E-state index in [2.05, 4.69) is 27.1 Å². The Labute approximate surface area is 245 Å². The predicted molar refractivity (Wildman–Crippen MR) is 163 cm³/mol. The highest BCUT2D eigenvalue weighted by atomic mass is 32.2. The molecule has 6 rings (SSSR count). The summed E-state index contributed by atoms with van der Waals surface area (Å²) in [6.07, 6.45) is 2.48. The summed E-state index contributed by atoms with van der Waals surface area (Å²) in [7, 11) is -3.97. The van der Waals surface area contributed by atoms with Gasteiger partial charge >= 0.3 is 0 Å². The minimum Gasteiger partial charge on any atom is -0.325 e. The van der Waals surface area contributed by atoms with Gasteiger partial charge in [0.25, 0.3) is 10.0 Å². The summed E-state index contributed by atoms with van der Waals surface area (Å²) < 4.78 is 28.8. The molecule has 0 bridgehead atoms. The first-order valence-corrected chi connectivity index (χ1v) is 15.3. The number of sulfonamides is 1. The third-order valence-electron chi connectivity index (χ3n) is 7.54. The maximum atomic E-state index is 13.4. The Morgan fingerprint density at radius 1 is 0.952 bits per heavy atom. The molecule has 1 atom stereocenters. The molecule has 1 fully saturated rings. The molecule has 2 heterocycles. The second-order valence-corrected chi connectivity index (χ2v) is 12.2. The maximum absolute atomic E-state index is 13.4. The zero-order chi connectivity index (χ0) is 29.1. The van der Waals surface area contributed by atoms with E-state index >= 15 is 0 Å². The average Bonchev–Trinajstić information content (AvgIpc) is 3.64. The molecular weight excluding hydrogens is 546 g/mol. The van der Waals surface area contributed by atoms with Gasteiger partial charge in [-0.1, -0.05) is 48.5 Å². The number of anilines is 2. The molecule has 42 heavy (non-hydrogen) atoms. The van der Waals surface area contributed by atoms with Crippen molar-refractivity contribution in [2.45, 2.75) is 30.2 Å². The highest BCUT2D eigenvalue weighted by Crippen LogP contribution is 2.38. The topological polar surface area (TPSA) is 115 Å². The molecule has 4 aromatic rings. The quantitative estimate of drug-likeness (QED) is 0.257. The van der Waals surface area contributed by atoms with Gasteiger partial charge in [0.1, 0.15) is 5.92 Å². The first kappa shape index (κ1) is 27.4. The molecule has 2 aliphatic rings. The summed E-state index contributed by atoms with van der Waals surface area (Å²) in [6, 6.07) is 30.4. The normalized spacial score (nSPS) is 17.0. The predicted octanol–water partition coefficient (Wildman–Crippen LogP) is 5.81. The zero-order valence-corrected chi connectivity index (χ0v) is 23.6. The van der Waals surface area contributed by atoms with E-state index in [1.54, 1.807) is 24.3 Å². The lowest BCUT2D eigenvalue weighted by atomic mass is 9.90. The number of hydrogen-bond donors (Lipinski definition) is 2. The smallest absolute Gasteiger partial charge is 0.261 e. The fraction of sp³-hybridized carbons (Fsp3) is 0.182. The molecule has 4 aromatic carbocycles. The Morgan fingerprint density at radius 3 is 2.45 bits per heavy atom. The minimum atomic E-state index is -3.97. The Morgan fingerprint density at radius 2 is 1.71 bits per heavy atom. The molecule has 1 amide bonds. The summed E-state index contributed by atoms with van der Waals surface area (Å²) in [6.45, 7) is 3.16. The van der Waals surface area contributed by atoms with Gasteiger partial charge in [-0.25, -0.2) is 8.42 Å². The second-order valence-electron chi connectivity index (χ2n) is 10.5.